The summed E-state index contributed by atoms with van der Waals surface area (Å²) in [6.07, 6.45) is 0. The van der Waals surface area contributed by atoms with Crippen molar-refractivity contribution < 1.29 is 28.6 Å². The molecule has 2 aliphatic rings. The Morgan fingerprint density at radius 1 is 1.33 bits per heavy atom. The van der Waals surface area contributed by atoms with Gasteiger partial charge in [-0.15, -0.1) is 11.8 Å². The Kier molecular flexibility index (Phi) is 5.56. The summed E-state index contributed by atoms with van der Waals surface area (Å²) < 4.78 is 15.0. The number of hydrogen-bond donors (Lipinski definition) is 1. The maximum absolute atomic E-state index is 12.4. The normalized spacial score (nSPS) is 23.5. The zero-order chi connectivity index (χ0) is 18.1. The molecule has 134 valence electrons. The lowest BCUT2D eigenvalue weighted by Gasteiger charge is -2.48. The van der Waals surface area contributed by atoms with Gasteiger partial charge in [0.25, 0.3) is 0 Å². The molecule has 24 heavy (non-hydrogen) atoms. The number of amides is 1. The monoisotopic (exact) mass is 358 g/mol. The summed E-state index contributed by atoms with van der Waals surface area (Å²) in [6, 6.07) is -0.624. The molecule has 0 aromatic rings. The van der Waals surface area contributed by atoms with E-state index in [0.29, 0.717) is 11.3 Å². The number of β-lactam (4-membered cyclic amide) rings is 1. The highest BCUT2D eigenvalue weighted by molar-refractivity contribution is 8.00. The minimum atomic E-state index is -0.727. The quantitative estimate of drug-likeness (QED) is 0.422. The van der Waals surface area contributed by atoms with Crippen molar-refractivity contribution in [3.63, 3.8) is 0 Å². The lowest BCUT2D eigenvalue weighted by Crippen LogP contribution is -2.68. The molecule has 2 atom stereocenters. The molecule has 1 saturated heterocycles. The molecule has 0 aromatic heterocycles. The Bertz CT molecular complexity index is 583. The van der Waals surface area contributed by atoms with Gasteiger partial charge in [0.15, 0.2) is 0 Å². The lowest BCUT2D eigenvalue weighted by atomic mass is 9.98. The molecule has 2 rings (SSSR count). The minimum absolute atomic E-state index is 0.138. The average Bonchev–Trinajstić information content (AvgIpc) is 2.52. The zero-order valence-electron chi connectivity index (χ0n) is 14.2. The first-order valence-electron chi connectivity index (χ1n) is 7.44. The smallest absolute Gasteiger partial charge is 0.358 e. The summed E-state index contributed by atoms with van der Waals surface area (Å²) in [5, 5.41) is -0.280. The number of carbonyl (C=O) groups is 3. The number of rotatable bonds is 5. The van der Waals surface area contributed by atoms with Crippen LogP contribution in [0.25, 0.3) is 0 Å². The largest absolute Gasteiger partial charge is 0.427 e. The van der Waals surface area contributed by atoms with Gasteiger partial charge < -0.3 is 19.9 Å². The summed E-state index contributed by atoms with van der Waals surface area (Å²) in [6.45, 7) is 4.77. The van der Waals surface area contributed by atoms with Crippen molar-refractivity contribution >= 4 is 29.6 Å². The number of thioether (sulfide) groups is 1. The molecule has 1 unspecified atom stereocenters. The number of esters is 2. The van der Waals surface area contributed by atoms with E-state index >= 15 is 0 Å². The standard InChI is InChI=1S/C15H22N2O6S/c1-15(2,3)14(20)23-7-22-13(19)10-8(5-21-4)6-24-12-9(16)11(18)17(10)12/h9,12H,5-7,16H2,1-4H3/t9?,12-/m1/s1. The summed E-state index contributed by atoms with van der Waals surface area (Å²) >= 11 is 1.48. The van der Waals surface area contributed by atoms with Gasteiger partial charge in [0.1, 0.15) is 17.1 Å². The van der Waals surface area contributed by atoms with Crippen LogP contribution >= 0.6 is 11.8 Å². The molecule has 0 aromatic carbocycles. The van der Waals surface area contributed by atoms with Gasteiger partial charge in [-0.1, -0.05) is 0 Å². The maximum atomic E-state index is 12.4. The minimum Gasteiger partial charge on any atom is -0.427 e. The van der Waals surface area contributed by atoms with Gasteiger partial charge in [0.05, 0.1) is 12.0 Å². The Balaban J connectivity index is 2.06. The van der Waals surface area contributed by atoms with Crippen molar-refractivity contribution in [2.24, 2.45) is 11.1 Å². The Labute approximate surface area is 144 Å². The highest BCUT2D eigenvalue weighted by atomic mass is 32.2. The Hall–Kier alpha value is -1.58. The van der Waals surface area contributed by atoms with Gasteiger partial charge in [-0.25, -0.2) is 4.79 Å². The molecular formula is C15H22N2O6S. The van der Waals surface area contributed by atoms with Crippen molar-refractivity contribution in [1.29, 1.82) is 0 Å². The number of carbonyl (C=O) groups excluding carboxylic acids is 3. The van der Waals surface area contributed by atoms with Crippen LogP contribution in [-0.2, 0) is 28.6 Å². The number of ether oxygens (including phenoxy) is 3. The van der Waals surface area contributed by atoms with Gasteiger partial charge in [-0.3, -0.25) is 14.5 Å². The molecular weight excluding hydrogens is 336 g/mol. The summed E-state index contributed by atoms with van der Waals surface area (Å²) in [7, 11) is 1.50. The van der Waals surface area contributed by atoms with Crippen molar-refractivity contribution in [3.8, 4) is 0 Å². The third-order valence-electron chi connectivity index (χ3n) is 3.59. The first-order valence-corrected chi connectivity index (χ1v) is 8.49. The summed E-state index contributed by atoms with van der Waals surface area (Å²) in [5.74, 6) is -1.03. The predicted molar refractivity (Wildman–Crippen MR) is 86.5 cm³/mol. The van der Waals surface area contributed by atoms with E-state index in [0.717, 1.165) is 0 Å². The van der Waals surface area contributed by atoms with Crippen molar-refractivity contribution in [1.82, 2.24) is 4.90 Å². The topological polar surface area (TPSA) is 108 Å². The molecule has 2 heterocycles. The van der Waals surface area contributed by atoms with E-state index < -0.39 is 30.2 Å². The molecule has 0 bridgehead atoms. The fraction of sp³-hybridized carbons (Fsp3) is 0.667. The van der Waals surface area contributed by atoms with Crippen LogP contribution in [0.5, 0.6) is 0 Å². The van der Waals surface area contributed by atoms with E-state index in [1.165, 1.54) is 23.8 Å². The van der Waals surface area contributed by atoms with Crippen LogP contribution in [0, 0.1) is 5.41 Å². The van der Waals surface area contributed by atoms with Crippen LogP contribution in [-0.4, -0.2) is 60.4 Å². The fourth-order valence-corrected chi connectivity index (χ4v) is 3.55. The Morgan fingerprint density at radius 2 is 2.00 bits per heavy atom. The third-order valence-corrected chi connectivity index (χ3v) is 4.95. The number of fused-ring (bicyclic) bond motifs is 1. The number of nitrogens with two attached hydrogens (primary N) is 1. The van der Waals surface area contributed by atoms with Crippen LogP contribution in [0.3, 0.4) is 0 Å². The second-order valence-electron chi connectivity index (χ2n) is 6.55. The average molecular weight is 358 g/mol. The highest BCUT2D eigenvalue weighted by Gasteiger charge is 2.52. The second kappa shape index (κ2) is 7.12. The first-order chi connectivity index (χ1) is 11.2. The number of methoxy groups -OCH3 is 1. The van der Waals surface area contributed by atoms with Crippen LogP contribution in [0.15, 0.2) is 11.3 Å². The van der Waals surface area contributed by atoms with Crippen LogP contribution in [0.2, 0.25) is 0 Å². The van der Waals surface area contributed by atoms with E-state index in [4.69, 9.17) is 19.9 Å². The van der Waals surface area contributed by atoms with Gasteiger partial charge in [0, 0.05) is 12.9 Å². The van der Waals surface area contributed by atoms with Crippen molar-refractivity contribution in [2.45, 2.75) is 32.2 Å². The third kappa shape index (κ3) is 3.57. The summed E-state index contributed by atoms with van der Waals surface area (Å²) in [5.41, 5.74) is 5.85. The Morgan fingerprint density at radius 3 is 2.58 bits per heavy atom. The van der Waals surface area contributed by atoms with E-state index in [9.17, 15) is 14.4 Å². The molecule has 9 heteroatoms. The molecule has 1 fully saturated rings. The molecule has 0 aliphatic carbocycles. The van der Waals surface area contributed by atoms with Crippen molar-refractivity contribution in [2.75, 3.05) is 26.3 Å². The van der Waals surface area contributed by atoms with Crippen LogP contribution in [0.1, 0.15) is 20.8 Å². The molecule has 2 N–H and O–H groups in total. The van der Waals surface area contributed by atoms with Crippen LogP contribution < -0.4 is 5.73 Å². The molecule has 1 amide bonds. The van der Waals surface area contributed by atoms with E-state index in [2.05, 4.69) is 0 Å². The van der Waals surface area contributed by atoms with E-state index in [1.807, 2.05) is 0 Å². The molecule has 2 aliphatic heterocycles. The predicted octanol–water partition coefficient (Wildman–Crippen LogP) is 0.219. The van der Waals surface area contributed by atoms with E-state index in [-0.39, 0.29) is 23.6 Å². The van der Waals surface area contributed by atoms with Gasteiger partial charge >= 0.3 is 11.9 Å². The number of hydrogen-bond acceptors (Lipinski definition) is 8. The highest BCUT2D eigenvalue weighted by Crippen LogP contribution is 2.39. The van der Waals surface area contributed by atoms with E-state index in [1.54, 1.807) is 20.8 Å². The molecule has 0 saturated carbocycles. The van der Waals surface area contributed by atoms with Gasteiger partial charge in [-0.05, 0) is 26.3 Å². The SMILES string of the molecule is COCC1=C(C(=O)OCOC(=O)C(C)(C)C)N2C(=O)C(N)[C@H]2SC1. The number of nitrogens with zero attached hydrogens (tertiary/aromatic N) is 1. The van der Waals surface area contributed by atoms with Gasteiger partial charge in [-0.2, -0.15) is 0 Å². The molecule has 8 nitrogen and oxygen atoms in total. The first kappa shape index (κ1) is 18.8. The molecule has 0 spiro atoms. The zero-order valence-corrected chi connectivity index (χ0v) is 15.0. The molecule has 0 radical (unpaired) electrons. The van der Waals surface area contributed by atoms with Gasteiger partial charge in [0.2, 0.25) is 12.7 Å². The second-order valence-corrected chi connectivity index (χ2v) is 7.66. The summed E-state index contributed by atoms with van der Waals surface area (Å²) in [4.78, 5) is 37.4. The van der Waals surface area contributed by atoms with Crippen LogP contribution in [0.4, 0.5) is 0 Å². The van der Waals surface area contributed by atoms with Crippen molar-refractivity contribution in [3.05, 3.63) is 11.3 Å². The maximum Gasteiger partial charge on any atom is 0.358 e. The fourth-order valence-electron chi connectivity index (χ4n) is 2.28. The lowest BCUT2D eigenvalue weighted by molar-refractivity contribution is -0.173.